The van der Waals surface area contributed by atoms with E-state index in [4.69, 9.17) is 0 Å². The molecule has 1 N–H and O–H groups in total. The molecule has 16 heavy (non-hydrogen) atoms. The molecule has 2 aliphatic rings. The number of nitrogens with zero attached hydrogens (tertiary/aromatic N) is 1. The van der Waals surface area contributed by atoms with Gasteiger partial charge in [-0.15, -0.1) is 0 Å². The van der Waals surface area contributed by atoms with Gasteiger partial charge in [0.25, 0.3) is 0 Å². The number of imidazole rings is 1. The Morgan fingerprint density at radius 2 is 2.06 bits per heavy atom. The number of rotatable bonds is 2. The summed E-state index contributed by atoms with van der Waals surface area (Å²) < 4.78 is 0. The van der Waals surface area contributed by atoms with Crippen molar-refractivity contribution in [2.45, 2.75) is 51.4 Å². The van der Waals surface area contributed by atoms with Crippen LogP contribution < -0.4 is 0 Å². The van der Waals surface area contributed by atoms with Gasteiger partial charge in [-0.2, -0.15) is 0 Å². The van der Waals surface area contributed by atoms with E-state index < -0.39 is 0 Å². The summed E-state index contributed by atoms with van der Waals surface area (Å²) in [7, 11) is 0. The molecule has 0 saturated carbocycles. The zero-order chi connectivity index (χ0) is 10.8. The SMILES string of the molecule is c1ncc(C[C@H]2CCC3=C(CCCC3)C2)[nH]1. The fraction of sp³-hybridized carbons (Fsp3) is 0.643. The molecule has 1 atom stereocenters. The molecule has 0 saturated heterocycles. The second-order valence-corrected chi connectivity index (χ2v) is 5.30. The third-order valence-corrected chi connectivity index (χ3v) is 4.16. The van der Waals surface area contributed by atoms with Crippen LogP contribution in [0.15, 0.2) is 23.7 Å². The predicted octanol–water partition coefficient (Wildman–Crippen LogP) is 3.62. The van der Waals surface area contributed by atoms with Crippen molar-refractivity contribution >= 4 is 0 Å². The summed E-state index contributed by atoms with van der Waals surface area (Å²) in [6.45, 7) is 0. The summed E-state index contributed by atoms with van der Waals surface area (Å²) in [6.07, 6.45) is 14.7. The summed E-state index contributed by atoms with van der Waals surface area (Å²) in [6, 6.07) is 0. The van der Waals surface area contributed by atoms with Crippen molar-refractivity contribution in [1.29, 1.82) is 0 Å². The van der Waals surface area contributed by atoms with E-state index in [0.29, 0.717) is 0 Å². The first-order valence-electron chi connectivity index (χ1n) is 6.59. The summed E-state index contributed by atoms with van der Waals surface area (Å²) in [5.74, 6) is 0.859. The molecule has 2 aliphatic carbocycles. The molecule has 2 heteroatoms. The van der Waals surface area contributed by atoms with Gasteiger partial charge in [-0.1, -0.05) is 11.1 Å². The van der Waals surface area contributed by atoms with Crippen LogP contribution in [0.5, 0.6) is 0 Å². The lowest BCUT2D eigenvalue weighted by molar-refractivity contribution is 0.418. The minimum absolute atomic E-state index is 0.859. The predicted molar refractivity (Wildman–Crippen MR) is 65.1 cm³/mol. The Bertz CT molecular complexity index is 375. The van der Waals surface area contributed by atoms with Crippen LogP contribution in [0, 0.1) is 5.92 Å². The molecule has 0 fully saturated rings. The number of allylic oxidation sites excluding steroid dienone is 2. The average molecular weight is 216 g/mol. The number of nitrogens with one attached hydrogen (secondary N) is 1. The molecular weight excluding hydrogens is 196 g/mol. The first kappa shape index (κ1) is 10.1. The zero-order valence-corrected chi connectivity index (χ0v) is 9.84. The van der Waals surface area contributed by atoms with Gasteiger partial charge in [0.1, 0.15) is 0 Å². The fourth-order valence-corrected chi connectivity index (χ4v) is 3.29. The van der Waals surface area contributed by atoms with Crippen molar-refractivity contribution in [2.75, 3.05) is 0 Å². The lowest BCUT2D eigenvalue weighted by Crippen LogP contribution is -2.15. The molecule has 0 aromatic carbocycles. The molecule has 86 valence electrons. The highest BCUT2D eigenvalue weighted by atomic mass is 14.9. The van der Waals surface area contributed by atoms with Gasteiger partial charge in [-0.3, -0.25) is 0 Å². The smallest absolute Gasteiger partial charge is 0.0921 e. The molecule has 0 radical (unpaired) electrons. The average Bonchev–Trinajstić information content (AvgIpc) is 2.82. The van der Waals surface area contributed by atoms with Crippen molar-refractivity contribution in [3.05, 3.63) is 29.4 Å². The highest BCUT2D eigenvalue weighted by molar-refractivity contribution is 5.21. The summed E-state index contributed by atoms with van der Waals surface area (Å²) in [5.41, 5.74) is 4.93. The minimum atomic E-state index is 0.859. The normalized spacial score (nSPS) is 25.6. The van der Waals surface area contributed by atoms with Crippen molar-refractivity contribution < 1.29 is 0 Å². The molecule has 1 aromatic rings. The van der Waals surface area contributed by atoms with Gasteiger partial charge in [-0.05, 0) is 57.3 Å². The van der Waals surface area contributed by atoms with Gasteiger partial charge < -0.3 is 4.98 Å². The molecule has 3 rings (SSSR count). The molecule has 0 unspecified atom stereocenters. The van der Waals surface area contributed by atoms with Crippen LogP contribution in [0.25, 0.3) is 0 Å². The number of H-pyrrole nitrogens is 1. The van der Waals surface area contributed by atoms with Crippen LogP contribution in [0.1, 0.15) is 50.6 Å². The topological polar surface area (TPSA) is 28.7 Å². The maximum Gasteiger partial charge on any atom is 0.0921 e. The molecule has 0 bridgehead atoms. The van der Waals surface area contributed by atoms with Gasteiger partial charge >= 0.3 is 0 Å². The van der Waals surface area contributed by atoms with Gasteiger partial charge in [0.2, 0.25) is 0 Å². The first-order chi connectivity index (χ1) is 7.92. The van der Waals surface area contributed by atoms with E-state index in [0.717, 1.165) is 5.92 Å². The van der Waals surface area contributed by atoms with Crippen molar-refractivity contribution in [2.24, 2.45) is 5.92 Å². The largest absolute Gasteiger partial charge is 0.348 e. The van der Waals surface area contributed by atoms with Gasteiger partial charge in [0.15, 0.2) is 0 Å². The number of hydrogen-bond acceptors (Lipinski definition) is 1. The highest BCUT2D eigenvalue weighted by Crippen LogP contribution is 2.38. The summed E-state index contributed by atoms with van der Waals surface area (Å²) >= 11 is 0. The van der Waals surface area contributed by atoms with Gasteiger partial charge in [-0.25, -0.2) is 4.98 Å². The Morgan fingerprint density at radius 1 is 1.19 bits per heavy atom. The standard InChI is InChI=1S/C14H20N2/c1-2-4-13-7-11(5-6-12(13)3-1)8-14-9-15-10-16-14/h9-11H,1-8H2,(H,15,16)/t11-/m0/s1. The van der Waals surface area contributed by atoms with Gasteiger partial charge in [0, 0.05) is 11.9 Å². The van der Waals surface area contributed by atoms with E-state index in [1.54, 1.807) is 6.33 Å². The number of hydrogen-bond donors (Lipinski definition) is 1. The van der Waals surface area contributed by atoms with Crippen molar-refractivity contribution in [1.82, 2.24) is 9.97 Å². The summed E-state index contributed by atoms with van der Waals surface area (Å²) in [4.78, 5) is 7.33. The lowest BCUT2D eigenvalue weighted by atomic mass is 9.76. The van der Waals surface area contributed by atoms with Crippen LogP contribution in [0.4, 0.5) is 0 Å². The second kappa shape index (κ2) is 4.44. The van der Waals surface area contributed by atoms with E-state index >= 15 is 0 Å². The van der Waals surface area contributed by atoms with E-state index in [1.807, 2.05) is 17.3 Å². The Labute approximate surface area is 97.2 Å². The quantitative estimate of drug-likeness (QED) is 0.751. The maximum absolute atomic E-state index is 4.10. The van der Waals surface area contributed by atoms with Crippen LogP contribution in [0.2, 0.25) is 0 Å². The van der Waals surface area contributed by atoms with Crippen LogP contribution in [-0.4, -0.2) is 9.97 Å². The third-order valence-electron chi connectivity index (χ3n) is 4.16. The number of aromatic amines is 1. The van der Waals surface area contributed by atoms with Crippen molar-refractivity contribution in [3.8, 4) is 0 Å². The van der Waals surface area contributed by atoms with Crippen LogP contribution in [-0.2, 0) is 6.42 Å². The Hall–Kier alpha value is -1.05. The summed E-state index contributed by atoms with van der Waals surface area (Å²) in [5, 5.41) is 0. The maximum atomic E-state index is 4.10. The highest BCUT2D eigenvalue weighted by Gasteiger charge is 2.23. The molecular formula is C14H20N2. The van der Waals surface area contributed by atoms with Crippen LogP contribution >= 0.6 is 0 Å². The Morgan fingerprint density at radius 3 is 2.88 bits per heavy atom. The molecule has 2 nitrogen and oxygen atoms in total. The minimum Gasteiger partial charge on any atom is -0.348 e. The molecule has 0 aliphatic heterocycles. The van der Waals surface area contributed by atoms with E-state index in [2.05, 4.69) is 9.97 Å². The third kappa shape index (κ3) is 2.06. The Balaban J connectivity index is 1.66. The molecule has 1 aromatic heterocycles. The second-order valence-electron chi connectivity index (χ2n) is 5.30. The monoisotopic (exact) mass is 216 g/mol. The van der Waals surface area contributed by atoms with E-state index in [1.165, 1.54) is 57.1 Å². The van der Waals surface area contributed by atoms with Gasteiger partial charge in [0.05, 0.1) is 6.33 Å². The lowest BCUT2D eigenvalue weighted by Gasteiger charge is -2.30. The van der Waals surface area contributed by atoms with Crippen molar-refractivity contribution in [3.63, 3.8) is 0 Å². The Kier molecular flexibility index (Phi) is 2.81. The van der Waals surface area contributed by atoms with E-state index in [9.17, 15) is 0 Å². The molecule has 1 heterocycles. The molecule has 0 amide bonds. The number of aromatic nitrogens is 2. The van der Waals surface area contributed by atoms with Crippen LogP contribution in [0.3, 0.4) is 0 Å². The molecule has 0 spiro atoms. The zero-order valence-electron chi connectivity index (χ0n) is 9.84. The first-order valence-corrected chi connectivity index (χ1v) is 6.59. The van der Waals surface area contributed by atoms with E-state index in [-0.39, 0.29) is 0 Å². The fourth-order valence-electron chi connectivity index (χ4n) is 3.29.